The molecule has 0 bridgehead atoms. The van der Waals surface area contributed by atoms with Crippen LogP contribution in [-0.2, 0) is 0 Å². The highest BCUT2D eigenvalue weighted by molar-refractivity contribution is 6.18. The fourth-order valence-electron chi connectivity index (χ4n) is 12.3. The summed E-state index contributed by atoms with van der Waals surface area (Å²) in [6.07, 6.45) is 0. The maximum atomic E-state index is 2.43. The molecule has 0 aliphatic heterocycles. The second kappa shape index (κ2) is 20.7. The number of rotatable bonds is 12. The van der Waals surface area contributed by atoms with Crippen LogP contribution < -0.4 is 9.80 Å². The lowest BCUT2D eigenvalue weighted by Crippen LogP contribution is -2.10. The fourth-order valence-corrected chi connectivity index (χ4v) is 12.3. The molecule has 4 nitrogen and oxygen atoms in total. The monoisotopic (exact) mass is 1050 g/mol. The van der Waals surface area contributed by atoms with E-state index in [9.17, 15) is 0 Å². The fraction of sp³-hybridized carbons (Fsp3) is 0. The van der Waals surface area contributed by atoms with Gasteiger partial charge in [0.2, 0.25) is 0 Å². The maximum Gasteiger partial charge on any atom is 0.0562 e. The number of fused-ring (bicyclic) bond motifs is 6. The van der Waals surface area contributed by atoms with Gasteiger partial charge >= 0.3 is 0 Å². The molecule has 0 aliphatic rings. The Bertz CT molecular complexity index is 4450. The Labute approximate surface area is 477 Å². The van der Waals surface area contributed by atoms with Gasteiger partial charge in [-0.05, 0) is 154 Å². The average Bonchev–Trinajstić information content (AvgIpc) is 2.98. The Hall–Kier alpha value is -10.9. The van der Waals surface area contributed by atoms with Gasteiger partial charge in [0.05, 0.1) is 33.4 Å². The Morgan fingerprint density at radius 1 is 0.195 bits per heavy atom. The van der Waals surface area contributed by atoms with Crippen molar-refractivity contribution in [2.45, 2.75) is 0 Å². The summed E-state index contributed by atoms with van der Waals surface area (Å²) in [6, 6.07) is 119. The molecule has 0 saturated carbocycles. The van der Waals surface area contributed by atoms with E-state index in [0.29, 0.717) is 0 Å². The van der Waals surface area contributed by atoms with Gasteiger partial charge in [-0.15, -0.1) is 0 Å². The van der Waals surface area contributed by atoms with Gasteiger partial charge in [0.15, 0.2) is 0 Å². The summed E-state index contributed by atoms with van der Waals surface area (Å²) in [7, 11) is 0. The van der Waals surface area contributed by atoms with Crippen molar-refractivity contribution in [1.29, 1.82) is 0 Å². The summed E-state index contributed by atoms with van der Waals surface area (Å²) < 4.78 is 4.79. The van der Waals surface area contributed by atoms with E-state index in [2.05, 4.69) is 347 Å². The molecule has 0 aliphatic carbocycles. The summed E-state index contributed by atoms with van der Waals surface area (Å²) >= 11 is 0. The Morgan fingerprint density at radius 3 is 0.890 bits per heavy atom. The van der Waals surface area contributed by atoms with Gasteiger partial charge in [0.1, 0.15) is 0 Å². The molecule has 0 radical (unpaired) electrons. The summed E-state index contributed by atoms with van der Waals surface area (Å²) in [4.78, 5) is 4.87. The van der Waals surface area contributed by atoms with E-state index in [-0.39, 0.29) is 0 Å². The molecule has 82 heavy (non-hydrogen) atoms. The SMILES string of the molecule is c1ccc(-c2ccc(N(c3cccc(-c4ccc(-c5cccc(N(c6ccc(-c7ccccc7)cc6)c6cccc7c6c6ccccc6n7-c6ccccc6)c5)cc4)c3)c3cccc4c3c3ccccc3n4-c3ccccc3)cc2)cc1. The molecule has 0 N–H and O–H groups in total. The van der Waals surface area contributed by atoms with Gasteiger partial charge in [0, 0.05) is 55.7 Å². The number of hydrogen-bond donors (Lipinski definition) is 0. The minimum atomic E-state index is 1.07. The van der Waals surface area contributed by atoms with Crippen LogP contribution in [0.5, 0.6) is 0 Å². The first kappa shape index (κ1) is 48.2. The van der Waals surface area contributed by atoms with Crippen LogP contribution in [-0.4, -0.2) is 9.13 Å². The van der Waals surface area contributed by atoms with E-state index in [1.54, 1.807) is 0 Å². The Kier molecular flexibility index (Phi) is 12.2. The van der Waals surface area contributed by atoms with E-state index in [1.165, 1.54) is 54.8 Å². The zero-order chi connectivity index (χ0) is 54.3. The van der Waals surface area contributed by atoms with Crippen LogP contribution in [0.2, 0.25) is 0 Å². The van der Waals surface area contributed by atoms with Crippen molar-refractivity contribution < 1.29 is 0 Å². The highest BCUT2D eigenvalue weighted by atomic mass is 15.2. The summed E-state index contributed by atoms with van der Waals surface area (Å²) in [5.74, 6) is 0. The minimum absolute atomic E-state index is 1.07. The van der Waals surface area contributed by atoms with Crippen molar-refractivity contribution in [3.05, 3.63) is 328 Å². The van der Waals surface area contributed by atoms with E-state index in [0.717, 1.165) is 78.8 Å². The number of nitrogens with zero attached hydrogens (tertiary/aromatic N) is 4. The lowest BCUT2D eigenvalue weighted by atomic mass is 9.98. The molecule has 2 heterocycles. The van der Waals surface area contributed by atoms with Crippen LogP contribution in [0, 0.1) is 0 Å². The molecule has 15 rings (SSSR count). The maximum absolute atomic E-state index is 2.43. The molecule has 0 spiro atoms. The highest BCUT2D eigenvalue weighted by Crippen LogP contribution is 2.47. The predicted molar refractivity (Wildman–Crippen MR) is 346 cm³/mol. The van der Waals surface area contributed by atoms with E-state index >= 15 is 0 Å². The molecule has 13 aromatic carbocycles. The van der Waals surface area contributed by atoms with Crippen molar-refractivity contribution in [2.75, 3.05) is 9.80 Å². The topological polar surface area (TPSA) is 16.3 Å². The van der Waals surface area contributed by atoms with Crippen LogP contribution in [0.3, 0.4) is 0 Å². The van der Waals surface area contributed by atoms with Gasteiger partial charge in [-0.3, -0.25) is 0 Å². The largest absolute Gasteiger partial charge is 0.310 e. The van der Waals surface area contributed by atoms with Crippen LogP contribution in [0.1, 0.15) is 0 Å². The van der Waals surface area contributed by atoms with Crippen molar-refractivity contribution in [3.63, 3.8) is 0 Å². The zero-order valence-electron chi connectivity index (χ0n) is 45.0. The van der Waals surface area contributed by atoms with Gasteiger partial charge in [-0.2, -0.15) is 0 Å². The number of anilines is 6. The lowest BCUT2D eigenvalue weighted by molar-refractivity contribution is 1.18. The molecule has 0 fully saturated rings. The zero-order valence-corrected chi connectivity index (χ0v) is 45.0. The normalized spacial score (nSPS) is 11.4. The molecular weight excluding hydrogens is 993 g/mol. The number of benzene rings is 13. The first-order chi connectivity index (χ1) is 40.7. The smallest absolute Gasteiger partial charge is 0.0562 e. The van der Waals surface area contributed by atoms with Crippen molar-refractivity contribution in [3.8, 4) is 55.9 Å². The number of aromatic nitrogens is 2. The molecule has 0 unspecified atom stereocenters. The molecule has 4 heteroatoms. The Balaban J connectivity index is 0.826. The first-order valence-electron chi connectivity index (χ1n) is 28.1. The van der Waals surface area contributed by atoms with Gasteiger partial charge < -0.3 is 18.9 Å². The number of para-hydroxylation sites is 4. The van der Waals surface area contributed by atoms with Gasteiger partial charge in [-0.1, -0.05) is 218 Å². The van der Waals surface area contributed by atoms with Gasteiger partial charge in [0.25, 0.3) is 0 Å². The second-order valence-electron chi connectivity index (χ2n) is 20.9. The van der Waals surface area contributed by atoms with Crippen LogP contribution >= 0.6 is 0 Å². The summed E-state index contributed by atoms with van der Waals surface area (Å²) in [5, 5.41) is 4.81. The molecule has 15 aromatic rings. The quantitative estimate of drug-likeness (QED) is 0.121. The van der Waals surface area contributed by atoms with Crippen LogP contribution in [0.4, 0.5) is 34.1 Å². The van der Waals surface area contributed by atoms with Crippen LogP contribution in [0.25, 0.3) is 99.5 Å². The number of hydrogen-bond acceptors (Lipinski definition) is 2. The van der Waals surface area contributed by atoms with Crippen molar-refractivity contribution >= 4 is 77.7 Å². The van der Waals surface area contributed by atoms with Crippen LogP contribution in [0.15, 0.2) is 328 Å². The molecule has 0 amide bonds. The van der Waals surface area contributed by atoms with E-state index in [1.807, 2.05) is 0 Å². The molecule has 2 aromatic heterocycles. The summed E-state index contributed by atoms with van der Waals surface area (Å²) in [5.41, 5.74) is 22.7. The standard InChI is InChI=1S/C78H54N4/c1-5-21-55(22-6-1)57-45-49-65(50-46-57)79(73-37-19-39-75-77(73)69-33-13-15-35-71(69)81(75)63-27-9-3-10-28-63)67-31-17-25-61(53-67)59-41-43-60(44-42-59)62-26-18-32-68(54-62)80(66-51-47-58(48-52-66)56-23-7-2-8-24-56)74-38-20-40-76-78(74)70-34-14-16-36-72(70)82(76)64-29-11-4-12-30-64/h1-54H. The Morgan fingerprint density at radius 2 is 0.488 bits per heavy atom. The molecule has 386 valence electrons. The van der Waals surface area contributed by atoms with Crippen molar-refractivity contribution in [1.82, 2.24) is 9.13 Å². The van der Waals surface area contributed by atoms with Crippen molar-refractivity contribution in [2.24, 2.45) is 0 Å². The third kappa shape index (κ3) is 8.58. The third-order valence-electron chi connectivity index (χ3n) is 16.1. The molecular formula is C78H54N4. The third-order valence-corrected chi connectivity index (χ3v) is 16.1. The summed E-state index contributed by atoms with van der Waals surface area (Å²) in [6.45, 7) is 0. The average molecular weight is 1050 g/mol. The predicted octanol–water partition coefficient (Wildman–Crippen LogP) is 21.5. The van der Waals surface area contributed by atoms with E-state index < -0.39 is 0 Å². The highest BCUT2D eigenvalue weighted by Gasteiger charge is 2.24. The second-order valence-corrected chi connectivity index (χ2v) is 20.9. The molecule has 0 atom stereocenters. The first-order valence-corrected chi connectivity index (χ1v) is 28.1. The van der Waals surface area contributed by atoms with E-state index in [4.69, 9.17) is 0 Å². The van der Waals surface area contributed by atoms with Gasteiger partial charge in [-0.25, -0.2) is 0 Å². The minimum Gasteiger partial charge on any atom is -0.310 e. The lowest BCUT2D eigenvalue weighted by Gasteiger charge is -2.27. The molecule has 0 saturated heterocycles.